The van der Waals surface area contributed by atoms with Crippen LogP contribution in [-0.4, -0.2) is 42.5 Å². The molecule has 0 aromatic carbocycles. The molecular formula is C12H20F3NO3. The summed E-state index contributed by atoms with van der Waals surface area (Å²) < 4.78 is 39.6. The number of carbonyl (C=O) groups is 1. The van der Waals surface area contributed by atoms with Gasteiger partial charge in [-0.15, -0.1) is 0 Å². The van der Waals surface area contributed by atoms with Crippen molar-refractivity contribution in [2.45, 2.75) is 44.4 Å². The van der Waals surface area contributed by atoms with E-state index in [0.717, 1.165) is 12.8 Å². The molecule has 19 heavy (non-hydrogen) atoms. The molecule has 0 aromatic heterocycles. The molecule has 112 valence electrons. The van der Waals surface area contributed by atoms with Gasteiger partial charge in [-0.3, -0.25) is 4.79 Å². The molecule has 0 aliphatic heterocycles. The van der Waals surface area contributed by atoms with Crippen LogP contribution in [0.15, 0.2) is 0 Å². The number of aliphatic hydroxyl groups is 1. The molecule has 2 N–H and O–H groups in total. The molecule has 2 unspecified atom stereocenters. The fourth-order valence-electron chi connectivity index (χ4n) is 2.37. The third-order valence-electron chi connectivity index (χ3n) is 3.18. The lowest BCUT2D eigenvalue weighted by atomic mass is 9.79. The number of carbonyl (C=O) groups excluding carboxylic acids is 1. The quantitative estimate of drug-likeness (QED) is 0.806. The molecule has 1 aliphatic carbocycles. The van der Waals surface area contributed by atoms with Crippen LogP contribution in [0.4, 0.5) is 13.2 Å². The maximum absolute atomic E-state index is 11.8. The lowest BCUT2D eigenvalue weighted by Crippen LogP contribution is -2.46. The van der Waals surface area contributed by atoms with Gasteiger partial charge in [-0.25, -0.2) is 0 Å². The second-order valence-corrected chi connectivity index (χ2v) is 5.31. The molecular weight excluding hydrogens is 263 g/mol. The summed E-state index contributed by atoms with van der Waals surface area (Å²) in [4.78, 5) is 11.3. The molecule has 1 fully saturated rings. The summed E-state index contributed by atoms with van der Waals surface area (Å²) in [5, 5.41) is 12.6. The van der Waals surface area contributed by atoms with E-state index >= 15 is 0 Å². The molecule has 0 bridgehead atoms. The van der Waals surface area contributed by atoms with Crippen molar-refractivity contribution in [2.75, 3.05) is 19.8 Å². The Morgan fingerprint density at radius 2 is 2.21 bits per heavy atom. The SMILES string of the molecule is CC1CCCC(O)(CNC(=O)COCC(F)(F)F)C1. The van der Waals surface area contributed by atoms with Gasteiger partial charge in [0.2, 0.25) is 5.91 Å². The molecule has 1 aliphatic rings. The Kier molecular flexibility index (Phi) is 5.61. The summed E-state index contributed by atoms with van der Waals surface area (Å²) in [6.07, 6.45) is -1.31. The van der Waals surface area contributed by atoms with Gasteiger partial charge in [-0.1, -0.05) is 19.8 Å². The molecule has 0 saturated heterocycles. The topological polar surface area (TPSA) is 58.6 Å². The monoisotopic (exact) mass is 283 g/mol. The third kappa shape index (κ3) is 6.77. The largest absolute Gasteiger partial charge is 0.411 e. The number of amides is 1. The number of hydrogen-bond donors (Lipinski definition) is 2. The minimum Gasteiger partial charge on any atom is -0.388 e. The first kappa shape index (κ1) is 16.2. The number of ether oxygens (including phenoxy) is 1. The summed E-state index contributed by atoms with van der Waals surface area (Å²) in [5.74, 6) is -0.256. The van der Waals surface area contributed by atoms with Gasteiger partial charge < -0.3 is 15.2 Å². The highest BCUT2D eigenvalue weighted by molar-refractivity contribution is 5.77. The minimum atomic E-state index is -4.43. The molecule has 0 heterocycles. The van der Waals surface area contributed by atoms with Crippen LogP contribution in [0.2, 0.25) is 0 Å². The highest BCUT2D eigenvalue weighted by Gasteiger charge is 2.33. The van der Waals surface area contributed by atoms with Gasteiger partial charge in [0, 0.05) is 6.54 Å². The van der Waals surface area contributed by atoms with E-state index in [0.29, 0.717) is 18.8 Å². The van der Waals surface area contributed by atoms with Crippen molar-refractivity contribution in [2.24, 2.45) is 5.92 Å². The van der Waals surface area contributed by atoms with Crippen molar-refractivity contribution in [3.8, 4) is 0 Å². The molecule has 1 rings (SSSR count). The van der Waals surface area contributed by atoms with Crippen LogP contribution in [0.1, 0.15) is 32.6 Å². The van der Waals surface area contributed by atoms with E-state index in [2.05, 4.69) is 10.1 Å². The predicted molar refractivity (Wildman–Crippen MR) is 62.5 cm³/mol. The molecule has 1 saturated carbocycles. The van der Waals surface area contributed by atoms with Crippen molar-refractivity contribution in [1.82, 2.24) is 5.32 Å². The maximum atomic E-state index is 11.8. The van der Waals surface area contributed by atoms with E-state index in [1.54, 1.807) is 0 Å². The summed E-state index contributed by atoms with van der Waals surface area (Å²) in [5.41, 5.74) is -0.947. The number of halogens is 3. The van der Waals surface area contributed by atoms with Gasteiger partial charge in [-0.2, -0.15) is 13.2 Å². The highest BCUT2D eigenvalue weighted by atomic mass is 19.4. The van der Waals surface area contributed by atoms with Crippen molar-refractivity contribution in [1.29, 1.82) is 0 Å². The van der Waals surface area contributed by atoms with E-state index in [9.17, 15) is 23.1 Å². The average molecular weight is 283 g/mol. The minimum absolute atomic E-state index is 0.0611. The van der Waals surface area contributed by atoms with Crippen molar-refractivity contribution >= 4 is 5.91 Å². The first-order valence-corrected chi connectivity index (χ1v) is 6.34. The zero-order valence-electron chi connectivity index (χ0n) is 10.9. The fourth-order valence-corrected chi connectivity index (χ4v) is 2.37. The molecule has 1 amide bonds. The summed E-state index contributed by atoms with van der Waals surface area (Å²) >= 11 is 0. The summed E-state index contributed by atoms with van der Waals surface area (Å²) in [6, 6.07) is 0. The van der Waals surface area contributed by atoms with E-state index < -0.39 is 30.9 Å². The van der Waals surface area contributed by atoms with E-state index in [1.165, 1.54) is 0 Å². The molecule has 4 nitrogen and oxygen atoms in total. The average Bonchev–Trinajstić information content (AvgIpc) is 2.24. The van der Waals surface area contributed by atoms with Gasteiger partial charge in [0.15, 0.2) is 0 Å². The van der Waals surface area contributed by atoms with Gasteiger partial charge in [0.05, 0.1) is 5.60 Å². The van der Waals surface area contributed by atoms with Crippen LogP contribution in [0, 0.1) is 5.92 Å². The lowest BCUT2D eigenvalue weighted by molar-refractivity contribution is -0.175. The van der Waals surface area contributed by atoms with Crippen LogP contribution in [-0.2, 0) is 9.53 Å². The number of nitrogens with one attached hydrogen (secondary N) is 1. The van der Waals surface area contributed by atoms with Gasteiger partial charge in [0.25, 0.3) is 0 Å². The Labute approximate surface area is 110 Å². The summed E-state index contributed by atoms with van der Waals surface area (Å²) in [6.45, 7) is -0.00316. The summed E-state index contributed by atoms with van der Waals surface area (Å²) in [7, 11) is 0. The normalized spacial score (nSPS) is 28.2. The molecule has 0 spiro atoms. The molecule has 0 radical (unpaired) electrons. The Balaban J connectivity index is 2.22. The number of alkyl halides is 3. The second kappa shape index (κ2) is 6.56. The lowest BCUT2D eigenvalue weighted by Gasteiger charge is -2.35. The standard InChI is InChI=1S/C12H20F3NO3/c1-9-3-2-4-11(18,5-9)7-16-10(17)6-19-8-12(13,14)15/h9,18H,2-8H2,1H3,(H,16,17). The van der Waals surface area contributed by atoms with Crippen LogP contribution in [0.25, 0.3) is 0 Å². The number of rotatable bonds is 5. The van der Waals surface area contributed by atoms with E-state index in [-0.39, 0.29) is 6.54 Å². The van der Waals surface area contributed by atoms with Crippen LogP contribution >= 0.6 is 0 Å². The highest BCUT2D eigenvalue weighted by Crippen LogP contribution is 2.31. The van der Waals surface area contributed by atoms with Crippen LogP contribution in [0.3, 0.4) is 0 Å². The third-order valence-corrected chi connectivity index (χ3v) is 3.18. The molecule has 2 atom stereocenters. The van der Waals surface area contributed by atoms with E-state index in [4.69, 9.17) is 0 Å². The zero-order valence-corrected chi connectivity index (χ0v) is 10.9. The first-order chi connectivity index (χ1) is 8.70. The molecule has 7 heteroatoms. The number of hydrogen-bond acceptors (Lipinski definition) is 3. The van der Waals surface area contributed by atoms with Gasteiger partial charge in [-0.05, 0) is 18.8 Å². The Hall–Kier alpha value is -0.820. The first-order valence-electron chi connectivity index (χ1n) is 6.34. The van der Waals surface area contributed by atoms with Crippen molar-refractivity contribution in [3.63, 3.8) is 0 Å². The maximum Gasteiger partial charge on any atom is 0.411 e. The van der Waals surface area contributed by atoms with E-state index in [1.807, 2.05) is 6.92 Å². The Morgan fingerprint density at radius 1 is 1.53 bits per heavy atom. The van der Waals surface area contributed by atoms with Crippen molar-refractivity contribution in [3.05, 3.63) is 0 Å². The second-order valence-electron chi connectivity index (χ2n) is 5.31. The molecule has 0 aromatic rings. The van der Waals surface area contributed by atoms with Gasteiger partial charge in [0.1, 0.15) is 13.2 Å². The zero-order chi connectivity index (χ0) is 14.5. The van der Waals surface area contributed by atoms with Crippen LogP contribution < -0.4 is 5.32 Å². The Morgan fingerprint density at radius 3 is 2.79 bits per heavy atom. The smallest absolute Gasteiger partial charge is 0.388 e. The van der Waals surface area contributed by atoms with Crippen LogP contribution in [0.5, 0.6) is 0 Å². The van der Waals surface area contributed by atoms with Crippen molar-refractivity contribution < 1.29 is 27.8 Å². The van der Waals surface area contributed by atoms with Gasteiger partial charge >= 0.3 is 6.18 Å². The Bertz CT molecular complexity index is 309. The predicted octanol–water partition coefficient (Wildman–Crippen LogP) is 1.62. The fraction of sp³-hybridized carbons (Fsp3) is 0.917.